The molecule has 1 aliphatic heterocycles. The van der Waals surface area contributed by atoms with E-state index in [0.29, 0.717) is 0 Å². The Kier molecular flexibility index (Phi) is 3.85. The second kappa shape index (κ2) is 5.46. The summed E-state index contributed by atoms with van der Waals surface area (Å²) in [6.45, 7) is 12.4. The summed E-state index contributed by atoms with van der Waals surface area (Å²) < 4.78 is 12.3. The molecule has 0 bridgehead atoms. The van der Waals surface area contributed by atoms with Crippen molar-refractivity contribution in [1.82, 2.24) is 4.98 Å². The number of hydrogen-bond donors (Lipinski definition) is 0. The summed E-state index contributed by atoms with van der Waals surface area (Å²) in [7, 11) is -0.313. The highest BCUT2D eigenvalue weighted by molar-refractivity contribution is 6.62. The molecule has 1 aliphatic rings. The van der Waals surface area contributed by atoms with Crippen molar-refractivity contribution in [2.75, 3.05) is 0 Å². The van der Waals surface area contributed by atoms with Gasteiger partial charge in [-0.15, -0.1) is 0 Å². The molecule has 0 atom stereocenters. The maximum atomic E-state index is 6.14. The average Bonchev–Trinajstić information content (AvgIpc) is 2.67. The van der Waals surface area contributed by atoms with Crippen molar-refractivity contribution in [2.24, 2.45) is 0 Å². The molecule has 0 spiro atoms. The van der Waals surface area contributed by atoms with Crippen molar-refractivity contribution < 1.29 is 9.31 Å². The zero-order chi connectivity index (χ0) is 16.8. The third kappa shape index (κ3) is 2.93. The molecular weight excluding hydrogens is 285 g/mol. The Hall–Kier alpha value is -1.65. The van der Waals surface area contributed by atoms with Gasteiger partial charge in [0.25, 0.3) is 0 Å². The van der Waals surface area contributed by atoms with Gasteiger partial charge < -0.3 is 9.31 Å². The predicted molar refractivity (Wildman–Crippen MR) is 94.9 cm³/mol. The van der Waals surface area contributed by atoms with Crippen LogP contribution < -0.4 is 5.46 Å². The first-order chi connectivity index (χ1) is 10.7. The summed E-state index contributed by atoms with van der Waals surface area (Å²) in [6.07, 6.45) is 1.85. The van der Waals surface area contributed by atoms with Crippen molar-refractivity contribution in [1.29, 1.82) is 0 Å². The lowest BCUT2D eigenvalue weighted by Crippen LogP contribution is -2.41. The molecule has 4 heteroatoms. The Morgan fingerprint density at radius 2 is 1.57 bits per heavy atom. The van der Waals surface area contributed by atoms with Crippen molar-refractivity contribution in [3.05, 3.63) is 47.8 Å². The molecule has 0 amide bonds. The fourth-order valence-electron chi connectivity index (χ4n) is 2.85. The third-order valence-electron chi connectivity index (χ3n) is 4.98. The Morgan fingerprint density at radius 1 is 0.913 bits per heavy atom. The van der Waals surface area contributed by atoms with Crippen LogP contribution in [0, 0.1) is 13.8 Å². The molecule has 3 nitrogen and oxygen atoms in total. The fourth-order valence-corrected chi connectivity index (χ4v) is 2.85. The zero-order valence-corrected chi connectivity index (χ0v) is 14.8. The van der Waals surface area contributed by atoms with E-state index in [1.807, 2.05) is 19.2 Å². The van der Waals surface area contributed by atoms with E-state index in [4.69, 9.17) is 9.31 Å². The summed E-state index contributed by atoms with van der Waals surface area (Å²) in [6, 6.07) is 10.6. The van der Waals surface area contributed by atoms with Crippen molar-refractivity contribution in [2.45, 2.75) is 52.7 Å². The summed E-state index contributed by atoms with van der Waals surface area (Å²) in [5.74, 6) is 0. The van der Waals surface area contributed by atoms with Gasteiger partial charge in [0.2, 0.25) is 0 Å². The Bertz CT molecular complexity index is 724. The molecule has 0 N–H and O–H groups in total. The average molecular weight is 309 g/mol. The molecule has 23 heavy (non-hydrogen) atoms. The Morgan fingerprint density at radius 3 is 2.13 bits per heavy atom. The van der Waals surface area contributed by atoms with Crippen LogP contribution in [-0.4, -0.2) is 23.3 Å². The lowest BCUT2D eigenvalue weighted by molar-refractivity contribution is 0.00578. The van der Waals surface area contributed by atoms with Crippen LogP contribution >= 0.6 is 0 Å². The largest absolute Gasteiger partial charge is 0.494 e. The highest BCUT2D eigenvalue weighted by Crippen LogP contribution is 2.36. The second-order valence-electron chi connectivity index (χ2n) is 7.35. The normalized spacial score (nSPS) is 19.1. The Labute approximate surface area is 139 Å². The first-order valence-corrected chi connectivity index (χ1v) is 8.09. The summed E-state index contributed by atoms with van der Waals surface area (Å²) in [5, 5.41) is 0. The molecule has 2 heterocycles. The SMILES string of the molecule is Cc1cc(-c2ccc(B3OC(C)(C)C(C)(C)O3)cc2C)ccn1. The van der Waals surface area contributed by atoms with Gasteiger partial charge >= 0.3 is 7.12 Å². The predicted octanol–water partition coefficient (Wildman–Crippen LogP) is 3.66. The lowest BCUT2D eigenvalue weighted by Gasteiger charge is -2.32. The number of pyridine rings is 1. The molecule has 1 fully saturated rings. The van der Waals surface area contributed by atoms with E-state index in [9.17, 15) is 0 Å². The van der Waals surface area contributed by atoms with E-state index in [0.717, 1.165) is 11.2 Å². The number of aryl methyl sites for hydroxylation is 2. The van der Waals surface area contributed by atoms with Gasteiger partial charge in [0, 0.05) is 11.9 Å². The molecule has 0 radical (unpaired) electrons. The minimum Gasteiger partial charge on any atom is -0.399 e. The number of rotatable bonds is 2. The first-order valence-electron chi connectivity index (χ1n) is 8.09. The van der Waals surface area contributed by atoms with Crippen LogP contribution in [0.4, 0.5) is 0 Å². The molecule has 1 aromatic heterocycles. The Balaban J connectivity index is 1.92. The molecule has 0 aliphatic carbocycles. The maximum Gasteiger partial charge on any atom is 0.494 e. The van der Waals surface area contributed by atoms with Crippen LogP contribution in [-0.2, 0) is 9.31 Å². The van der Waals surface area contributed by atoms with Crippen LogP contribution in [0.5, 0.6) is 0 Å². The molecule has 0 unspecified atom stereocenters. The van der Waals surface area contributed by atoms with Crippen molar-refractivity contribution in [3.8, 4) is 11.1 Å². The smallest absolute Gasteiger partial charge is 0.399 e. The fraction of sp³-hybridized carbons (Fsp3) is 0.421. The van der Waals surface area contributed by atoms with E-state index >= 15 is 0 Å². The van der Waals surface area contributed by atoms with Gasteiger partial charge in [0.05, 0.1) is 11.2 Å². The summed E-state index contributed by atoms with van der Waals surface area (Å²) in [4.78, 5) is 4.27. The molecule has 120 valence electrons. The summed E-state index contributed by atoms with van der Waals surface area (Å²) in [5.41, 5.74) is 5.08. The molecule has 1 saturated heterocycles. The summed E-state index contributed by atoms with van der Waals surface area (Å²) >= 11 is 0. The van der Waals surface area contributed by atoms with E-state index in [1.165, 1.54) is 16.7 Å². The van der Waals surface area contributed by atoms with E-state index in [1.54, 1.807) is 0 Å². The van der Waals surface area contributed by atoms with E-state index in [2.05, 4.69) is 63.9 Å². The standard InChI is InChI=1S/C19H24BNO2/c1-13-11-16(20-22-18(3,4)19(5,6)23-20)7-8-17(13)15-9-10-21-14(2)12-15/h7-12H,1-6H3. The van der Waals surface area contributed by atoms with Crippen molar-refractivity contribution in [3.63, 3.8) is 0 Å². The highest BCUT2D eigenvalue weighted by atomic mass is 16.7. The van der Waals surface area contributed by atoms with Crippen LogP contribution in [0.25, 0.3) is 11.1 Å². The van der Waals surface area contributed by atoms with Crippen LogP contribution in [0.2, 0.25) is 0 Å². The topological polar surface area (TPSA) is 31.4 Å². The number of aromatic nitrogens is 1. The van der Waals surface area contributed by atoms with E-state index < -0.39 is 0 Å². The number of hydrogen-bond acceptors (Lipinski definition) is 3. The van der Waals surface area contributed by atoms with Gasteiger partial charge in [-0.25, -0.2) is 0 Å². The first kappa shape index (κ1) is 16.2. The minimum atomic E-state index is -0.313. The monoisotopic (exact) mass is 309 g/mol. The molecular formula is C19H24BNO2. The lowest BCUT2D eigenvalue weighted by atomic mass is 9.77. The zero-order valence-electron chi connectivity index (χ0n) is 14.8. The molecule has 0 saturated carbocycles. The van der Waals surface area contributed by atoms with Crippen LogP contribution in [0.3, 0.4) is 0 Å². The van der Waals surface area contributed by atoms with Gasteiger partial charge in [-0.2, -0.15) is 0 Å². The third-order valence-corrected chi connectivity index (χ3v) is 4.98. The van der Waals surface area contributed by atoms with Gasteiger partial charge in [-0.05, 0) is 75.8 Å². The number of nitrogens with zero attached hydrogens (tertiary/aromatic N) is 1. The van der Waals surface area contributed by atoms with Crippen molar-refractivity contribution >= 4 is 12.6 Å². The van der Waals surface area contributed by atoms with Crippen LogP contribution in [0.1, 0.15) is 39.0 Å². The number of benzene rings is 1. The van der Waals surface area contributed by atoms with E-state index in [-0.39, 0.29) is 18.3 Å². The van der Waals surface area contributed by atoms with Crippen LogP contribution in [0.15, 0.2) is 36.5 Å². The van der Waals surface area contributed by atoms with Gasteiger partial charge in [0.1, 0.15) is 0 Å². The molecule has 2 aromatic rings. The quantitative estimate of drug-likeness (QED) is 0.793. The maximum absolute atomic E-state index is 6.14. The van der Waals surface area contributed by atoms with Gasteiger partial charge in [-0.3, -0.25) is 4.98 Å². The second-order valence-corrected chi connectivity index (χ2v) is 7.35. The molecule has 1 aromatic carbocycles. The minimum absolute atomic E-state index is 0.313. The molecule has 3 rings (SSSR count). The van der Waals surface area contributed by atoms with Gasteiger partial charge in [0.15, 0.2) is 0 Å². The van der Waals surface area contributed by atoms with Gasteiger partial charge in [-0.1, -0.05) is 18.2 Å². The highest BCUT2D eigenvalue weighted by Gasteiger charge is 2.51.